The van der Waals surface area contributed by atoms with E-state index in [1.807, 2.05) is 13.8 Å². The van der Waals surface area contributed by atoms with E-state index in [2.05, 4.69) is 17.1 Å². The van der Waals surface area contributed by atoms with Crippen LogP contribution in [0.4, 0.5) is 0 Å². The summed E-state index contributed by atoms with van der Waals surface area (Å²) in [5.74, 6) is 1.45. The van der Waals surface area contributed by atoms with Gasteiger partial charge in [-0.2, -0.15) is 0 Å². The van der Waals surface area contributed by atoms with Gasteiger partial charge in [-0.25, -0.2) is 4.98 Å². The molecule has 0 amide bonds. The lowest BCUT2D eigenvalue weighted by Crippen LogP contribution is -2.22. The van der Waals surface area contributed by atoms with Crippen LogP contribution in [0.1, 0.15) is 40.8 Å². The van der Waals surface area contributed by atoms with Crippen LogP contribution < -0.4 is 5.56 Å². The molecule has 1 aliphatic rings. The van der Waals surface area contributed by atoms with Crippen molar-refractivity contribution >= 4 is 21.6 Å². The Bertz CT molecular complexity index is 931. The molecule has 3 heterocycles. The highest BCUT2D eigenvalue weighted by atomic mass is 32.1. The summed E-state index contributed by atoms with van der Waals surface area (Å²) in [5.41, 5.74) is 3.08. The second-order valence-corrected chi connectivity index (χ2v) is 7.60. The predicted octanol–water partition coefficient (Wildman–Crippen LogP) is 3.24. The van der Waals surface area contributed by atoms with Crippen LogP contribution in [0.15, 0.2) is 15.6 Å². The summed E-state index contributed by atoms with van der Waals surface area (Å²) < 4.78 is 6.88. The Morgan fingerprint density at radius 3 is 3.00 bits per heavy atom. The summed E-state index contributed by atoms with van der Waals surface area (Å²) in [6, 6.07) is 0. The van der Waals surface area contributed by atoms with Crippen molar-refractivity contribution < 1.29 is 4.52 Å². The Labute approximate surface area is 138 Å². The van der Waals surface area contributed by atoms with Crippen LogP contribution >= 0.6 is 11.3 Å². The molecule has 0 aliphatic heterocycles. The zero-order valence-corrected chi connectivity index (χ0v) is 14.4. The number of nitrogens with zero attached hydrogens (tertiary/aromatic N) is 3. The van der Waals surface area contributed by atoms with Crippen LogP contribution in [0.5, 0.6) is 0 Å². The average Bonchev–Trinajstić information content (AvgIpc) is 3.04. The largest absolute Gasteiger partial charge is 0.361 e. The van der Waals surface area contributed by atoms with Gasteiger partial charge in [-0.05, 0) is 44.6 Å². The molecule has 1 aliphatic carbocycles. The number of aromatic nitrogens is 3. The van der Waals surface area contributed by atoms with E-state index in [1.54, 1.807) is 22.2 Å². The van der Waals surface area contributed by atoms with E-state index >= 15 is 0 Å². The molecule has 4 rings (SSSR count). The third kappa shape index (κ3) is 2.32. The van der Waals surface area contributed by atoms with Gasteiger partial charge < -0.3 is 4.52 Å². The Morgan fingerprint density at radius 2 is 2.26 bits per heavy atom. The quantitative estimate of drug-likeness (QED) is 0.724. The van der Waals surface area contributed by atoms with Gasteiger partial charge in [0.1, 0.15) is 10.6 Å². The van der Waals surface area contributed by atoms with Crippen molar-refractivity contribution in [1.29, 1.82) is 0 Å². The monoisotopic (exact) mass is 329 g/mol. The Kier molecular flexibility index (Phi) is 3.37. The maximum Gasteiger partial charge on any atom is 0.262 e. The summed E-state index contributed by atoms with van der Waals surface area (Å²) in [4.78, 5) is 19.7. The van der Waals surface area contributed by atoms with Gasteiger partial charge in [0, 0.05) is 10.4 Å². The molecule has 0 saturated heterocycles. The standard InChI is InChI=1S/C17H19N3O2S/c1-9-4-5-12-14(6-9)23-16-15(12)17(21)20(8-18-16)7-13-10(2)19-22-11(13)3/h8-9H,4-7H2,1-3H3/t9-/m0/s1. The first-order valence-corrected chi connectivity index (χ1v) is 8.77. The van der Waals surface area contributed by atoms with Crippen molar-refractivity contribution in [2.24, 2.45) is 5.92 Å². The average molecular weight is 329 g/mol. The molecule has 0 spiro atoms. The minimum atomic E-state index is 0.0575. The highest BCUT2D eigenvalue weighted by molar-refractivity contribution is 7.18. The van der Waals surface area contributed by atoms with Gasteiger partial charge in [0.25, 0.3) is 5.56 Å². The molecule has 0 radical (unpaired) electrons. The van der Waals surface area contributed by atoms with Gasteiger partial charge in [-0.3, -0.25) is 9.36 Å². The van der Waals surface area contributed by atoms with E-state index in [1.165, 1.54) is 10.4 Å². The van der Waals surface area contributed by atoms with Crippen molar-refractivity contribution in [2.45, 2.75) is 46.6 Å². The number of thiophene rings is 1. The molecule has 0 unspecified atom stereocenters. The molecule has 6 heteroatoms. The zero-order chi connectivity index (χ0) is 16.1. The molecule has 0 saturated carbocycles. The van der Waals surface area contributed by atoms with Crippen molar-refractivity contribution in [2.75, 3.05) is 0 Å². The van der Waals surface area contributed by atoms with E-state index in [-0.39, 0.29) is 5.56 Å². The van der Waals surface area contributed by atoms with Crippen molar-refractivity contribution in [3.8, 4) is 0 Å². The Balaban J connectivity index is 1.84. The van der Waals surface area contributed by atoms with Crippen molar-refractivity contribution in [3.63, 3.8) is 0 Å². The highest BCUT2D eigenvalue weighted by Gasteiger charge is 2.23. The topological polar surface area (TPSA) is 60.9 Å². The summed E-state index contributed by atoms with van der Waals surface area (Å²) in [6.07, 6.45) is 4.86. The normalized spacial score (nSPS) is 17.6. The number of fused-ring (bicyclic) bond motifs is 3. The molecule has 0 N–H and O–H groups in total. The van der Waals surface area contributed by atoms with Gasteiger partial charge in [0.2, 0.25) is 0 Å². The van der Waals surface area contributed by atoms with Gasteiger partial charge in [0.15, 0.2) is 0 Å². The van der Waals surface area contributed by atoms with Crippen LogP contribution in [-0.2, 0) is 19.4 Å². The minimum absolute atomic E-state index is 0.0575. The fraction of sp³-hybridized carbons (Fsp3) is 0.471. The first-order chi connectivity index (χ1) is 11.0. The lowest BCUT2D eigenvalue weighted by molar-refractivity contribution is 0.392. The summed E-state index contributed by atoms with van der Waals surface area (Å²) >= 11 is 1.69. The van der Waals surface area contributed by atoms with Crippen molar-refractivity contribution in [1.82, 2.24) is 14.7 Å². The second-order valence-electron chi connectivity index (χ2n) is 6.51. The van der Waals surface area contributed by atoms with E-state index in [4.69, 9.17) is 4.52 Å². The number of hydrogen-bond donors (Lipinski definition) is 0. The third-order valence-electron chi connectivity index (χ3n) is 4.79. The summed E-state index contributed by atoms with van der Waals surface area (Å²) in [6.45, 7) is 6.51. The highest BCUT2D eigenvalue weighted by Crippen LogP contribution is 2.35. The van der Waals surface area contributed by atoms with E-state index in [0.717, 1.165) is 46.5 Å². The van der Waals surface area contributed by atoms with E-state index in [0.29, 0.717) is 12.5 Å². The molecular weight excluding hydrogens is 310 g/mol. The van der Waals surface area contributed by atoms with Crippen LogP contribution in [-0.4, -0.2) is 14.7 Å². The van der Waals surface area contributed by atoms with Gasteiger partial charge in [-0.1, -0.05) is 12.1 Å². The SMILES string of the molecule is Cc1noc(C)c1Cn1cnc2sc3c(c2c1=O)CC[C@H](C)C3. The lowest BCUT2D eigenvalue weighted by Gasteiger charge is -2.17. The van der Waals surface area contributed by atoms with E-state index < -0.39 is 0 Å². The fourth-order valence-corrected chi connectivity index (χ4v) is 4.72. The molecule has 0 fully saturated rings. The molecule has 23 heavy (non-hydrogen) atoms. The molecule has 0 aromatic carbocycles. The number of rotatable bonds is 2. The summed E-state index contributed by atoms with van der Waals surface area (Å²) in [5, 5.41) is 4.79. The first-order valence-electron chi connectivity index (χ1n) is 7.96. The Hall–Kier alpha value is -1.95. The molecule has 3 aromatic rings. The number of aryl methyl sites for hydroxylation is 3. The smallest absolute Gasteiger partial charge is 0.262 e. The molecule has 0 bridgehead atoms. The maximum atomic E-state index is 13.0. The van der Waals surface area contributed by atoms with Gasteiger partial charge in [0.05, 0.1) is 24.0 Å². The molecular formula is C17H19N3O2S. The predicted molar refractivity (Wildman–Crippen MR) is 90.1 cm³/mol. The van der Waals surface area contributed by atoms with Gasteiger partial charge >= 0.3 is 0 Å². The van der Waals surface area contributed by atoms with Crippen molar-refractivity contribution in [3.05, 3.63) is 44.1 Å². The lowest BCUT2D eigenvalue weighted by atomic mass is 9.89. The van der Waals surface area contributed by atoms with Crippen LogP contribution in [0, 0.1) is 19.8 Å². The third-order valence-corrected chi connectivity index (χ3v) is 5.95. The summed E-state index contributed by atoms with van der Waals surface area (Å²) in [7, 11) is 0. The van der Waals surface area contributed by atoms with Crippen LogP contribution in [0.3, 0.4) is 0 Å². The molecule has 1 atom stereocenters. The number of hydrogen-bond acceptors (Lipinski definition) is 5. The molecule has 120 valence electrons. The zero-order valence-electron chi connectivity index (χ0n) is 13.5. The minimum Gasteiger partial charge on any atom is -0.361 e. The van der Waals surface area contributed by atoms with Gasteiger partial charge in [-0.15, -0.1) is 11.3 Å². The maximum absolute atomic E-state index is 13.0. The van der Waals surface area contributed by atoms with Crippen LogP contribution in [0.2, 0.25) is 0 Å². The fourth-order valence-electron chi connectivity index (χ4n) is 3.38. The Morgan fingerprint density at radius 1 is 1.43 bits per heavy atom. The van der Waals surface area contributed by atoms with Crippen LogP contribution in [0.25, 0.3) is 10.2 Å². The second kappa shape index (κ2) is 5.30. The first kappa shape index (κ1) is 14.6. The molecule has 5 nitrogen and oxygen atoms in total. The van der Waals surface area contributed by atoms with E-state index in [9.17, 15) is 4.79 Å². The molecule has 3 aromatic heterocycles.